The number of alkyl carbamates (subject to hydrolysis) is 1. The molecule has 1 amide bonds. The maximum absolute atomic E-state index is 14.7. The van der Waals surface area contributed by atoms with Crippen molar-refractivity contribution in [1.29, 1.82) is 0 Å². The van der Waals surface area contributed by atoms with E-state index in [2.05, 4.69) is 29.9 Å². The first-order valence-electron chi connectivity index (χ1n) is 12.5. The SMILES string of the molecule is CCn1c(-c2noc(=O)[nH]2)nc2c1CN([C@H]1CO[C@H](c3cc(F)ccc3F)[C@@H](NC(=O)OC(C)(C)C)C1)C2. The number of imidazole rings is 1. The van der Waals surface area contributed by atoms with Gasteiger partial charge in [-0.25, -0.2) is 23.4 Å². The van der Waals surface area contributed by atoms with Crippen molar-refractivity contribution in [2.75, 3.05) is 6.61 Å². The molecule has 38 heavy (non-hydrogen) atoms. The summed E-state index contributed by atoms with van der Waals surface area (Å²) in [6.45, 7) is 9.10. The van der Waals surface area contributed by atoms with Crippen LogP contribution in [0.2, 0.25) is 0 Å². The molecular formula is C25H30F2N6O5. The zero-order chi connectivity index (χ0) is 27.2. The Bertz CT molecular complexity index is 1390. The van der Waals surface area contributed by atoms with E-state index in [0.717, 1.165) is 29.6 Å². The maximum Gasteiger partial charge on any atom is 0.439 e. The smallest absolute Gasteiger partial charge is 0.439 e. The third-order valence-corrected chi connectivity index (χ3v) is 6.67. The van der Waals surface area contributed by atoms with Gasteiger partial charge in [0.15, 0.2) is 5.82 Å². The van der Waals surface area contributed by atoms with Gasteiger partial charge in [0.2, 0.25) is 5.82 Å². The van der Waals surface area contributed by atoms with Crippen LogP contribution in [-0.4, -0.2) is 55.0 Å². The molecule has 4 heterocycles. The van der Waals surface area contributed by atoms with Crippen molar-refractivity contribution in [2.45, 2.75) is 77.5 Å². The average Bonchev–Trinajstić information content (AvgIpc) is 3.53. The van der Waals surface area contributed by atoms with Crippen LogP contribution in [0.15, 0.2) is 27.5 Å². The van der Waals surface area contributed by atoms with Gasteiger partial charge in [-0.15, -0.1) is 0 Å². The van der Waals surface area contributed by atoms with Crippen LogP contribution in [0.4, 0.5) is 13.6 Å². The lowest BCUT2D eigenvalue weighted by atomic mass is 9.92. The zero-order valence-electron chi connectivity index (χ0n) is 21.6. The Balaban J connectivity index is 1.37. The van der Waals surface area contributed by atoms with E-state index in [4.69, 9.17) is 9.47 Å². The van der Waals surface area contributed by atoms with Gasteiger partial charge in [0.25, 0.3) is 0 Å². The first-order chi connectivity index (χ1) is 18.0. The molecule has 3 atom stereocenters. The monoisotopic (exact) mass is 532 g/mol. The van der Waals surface area contributed by atoms with Crippen molar-refractivity contribution in [1.82, 2.24) is 29.9 Å². The highest BCUT2D eigenvalue weighted by Gasteiger charge is 2.40. The molecule has 2 aromatic heterocycles. The molecule has 1 aromatic carbocycles. The van der Waals surface area contributed by atoms with Crippen LogP contribution in [0.3, 0.4) is 0 Å². The van der Waals surface area contributed by atoms with Gasteiger partial charge in [0, 0.05) is 31.2 Å². The van der Waals surface area contributed by atoms with Crippen LogP contribution >= 0.6 is 0 Å². The summed E-state index contributed by atoms with van der Waals surface area (Å²) in [7, 11) is 0. The molecule has 2 aliphatic rings. The lowest BCUT2D eigenvalue weighted by molar-refractivity contribution is -0.0630. The normalized spacial score (nSPS) is 21.9. The summed E-state index contributed by atoms with van der Waals surface area (Å²) in [6, 6.07) is 2.38. The number of halogens is 2. The predicted octanol–water partition coefficient (Wildman–Crippen LogP) is 3.26. The number of carbonyl (C=O) groups excluding carboxylic acids is 1. The van der Waals surface area contributed by atoms with Gasteiger partial charge in [0.1, 0.15) is 23.3 Å². The second-order valence-corrected chi connectivity index (χ2v) is 10.5. The number of benzene rings is 1. The number of fused-ring (bicyclic) bond motifs is 1. The van der Waals surface area contributed by atoms with Crippen LogP contribution in [-0.2, 0) is 29.1 Å². The van der Waals surface area contributed by atoms with Gasteiger partial charge in [-0.1, -0.05) is 5.16 Å². The number of amides is 1. The van der Waals surface area contributed by atoms with E-state index in [9.17, 15) is 18.4 Å². The number of hydrogen-bond donors (Lipinski definition) is 2. The van der Waals surface area contributed by atoms with Crippen molar-refractivity contribution in [2.24, 2.45) is 0 Å². The van der Waals surface area contributed by atoms with Gasteiger partial charge in [-0.05, 0) is 52.3 Å². The Morgan fingerprint density at radius 2 is 2.08 bits per heavy atom. The van der Waals surface area contributed by atoms with Crippen LogP contribution in [0.5, 0.6) is 0 Å². The fourth-order valence-electron chi connectivity index (χ4n) is 5.09. The minimum absolute atomic E-state index is 0.0413. The summed E-state index contributed by atoms with van der Waals surface area (Å²) >= 11 is 0. The van der Waals surface area contributed by atoms with Gasteiger partial charge in [-0.3, -0.25) is 14.4 Å². The molecule has 0 unspecified atom stereocenters. The van der Waals surface area contributed by atoms with Crippen molar-refractivity contribution >= 4 is 6.09 Å². The standard InChI is InChI=1S/C25H30F2N6O5/c1-5-33-19-11-32(10-18(19)28-22(33)21-30-24(35)38-31-21)14-9-17(29-23(34)37-25(2,3)4)20(36-12-14)15-8-13(26)6-7-16(15)27/h6-8,14,17,20H,5,9-12H2,1-4H3,(H,29,34)(H,30,31,35)/t14-,17+,20-/m1/s1. The maximum atomic E-state index is 14.7. The molecule has 2 aliphatic heterocycles. The van der Waals surface area contributed by atoms with Gasteiger partial charge in [0.05, 0.1) is 24.0 Å². The van der Waals surface area contributed by atoms with Crippen molar-refractivity contribution < 1.29 is 27.6 Å². The number of rotatable bonds is 5. The van der Waals surface area contributed by atoms with Crippen molar-refractivity contribution in [3.63, 3.8) is 0 Å². The molecule has 1 saturated heterocycles. The highest BCUT2D eigenvalue weighted by atomic mass is 19.1. The largest absolute Gasteiger partial charge is 0.444 e. The molecule has 0 aliphatic carbocycles. The molecule has 0 bridgehead atoms. The molecule has 0 spiro atoms. The summed E-state index contributed by atoms with van der Waals surface area (Å²) in [6.07, 6.45) is -1.14. The summed E-state index contributed by atoms with van der Waals surface area (Å²) in [4.78, 5) is 33.5. The average molecular weight is 533 g/mol. The molecule has 0 saturated carbocycles. The number of nitrogens with one attached hydrogen (secondary N) is 2. The molecule has 11 nitrogen and oxygen atoms in total. The van der Waals surface area contributed by atoms with Gasteiger partial charge in [-0.2, -0.15) is 0 Å². The Labute approximate surface area is 217 Å². The second kappa shape index (κ2) is 9.95. The summed E-state index contributed by atoms with van der Waals surface area (Å²) in [5.41, 5.74) is 1.12. The van der Waals surface area contributed by atoms with Crippen LogP contribution in [0.1, 0.15) is 57.2 Å². The van der Waals surface area contributed by atoms with Crippen molar-refractivity contribution in [3.8, 4) is 11.6 Å². The Kier molecular flexibility index (Phi) is 6.82. The number of ether oxygens (including phenoxy) is 2. The molecule has 0 radical (unpaired) electrons. The van der Waals surface area contributed by atoms with Crippen molar-refractivity contribution in [3.05, 3.63) is 57.3 Å². The van der Waals surface area contributed by atoms with Gasteiger partial charge >= 0.3 is 11.8 Å². The zero-order valence-corrected chi connectivity index (χ0v) is 21.6. The molecule has 5 rings (SSSR count). The van der Waals surface area contributed by atoms with E-state index in [1.807, 2.05) is 11.5 Å². The lowest BCUT2D eigenvalue weighted by Crippen LogP contribution is -2.52. The molecule has 13 heteroatoms. The Morgan fingerprint density at radius 3 is 2.76 bits per heavy atom. The predicted molar refractivity (Wildman–Crippen MR) is 130 cm³/mol. The Morgan fingerprint density at radius 1 is 1.29 bits per heavy atom. The number of carbonyl (C=O) groups is 1. The molecule has 2 N–H and O–H groups in total. The number of aromatic nitrogens is 4. The molecule has 1 fully saturated rings. The third-order valence-electron chi connectivity index (χ3n) is 6.67. The number of nitrogens with zero attached hydrogens (tertiary/aromatic N) is 4. The van der Waals surface area contributed by atoms with E-state index in [1.54, 1.807) is 20.8 Å². The first kappa shape index (κ1) is 26.0. The van der Waals surface area contributed by atoms with E-state index in [-0.39, 0.29) is 24.0 Å². The summed E-state index contributed by atoms with van der Waals surface area (Å²) in [5, 5.41) is 6.58. The fraction of sp³-hybridized carbons (Fsp3) is 0.520. The highest BCUT2D eigenvalue weighted by Crippen LogP contribution is 2.36. The van der Waals surface area contributed by atoms with Gasteiger partial charge < -0.3 is 19.4 Å². The third kappa shape index (κ3) is 5.20. The van der Waals surface area contributed by atoms with Crippen LogP contribution in [0.25, 0.3) is 11.6 Å². The van der Waals surface area contributed by atoms with Crippen LogP contribution < -0.4 is 11.1 Å². The summed E-state index contributed by atoms with van der Waals surface area (Å²) < 4.78 is 46.8. The minimum Gasteiger partial charge on any atom is -0.444 e. The lowest BCUT2D eigenvalue weighted by Gasteiger charge is -2.40. The molecule has 3 aromatic rings. The van der Waals surface area contributed by atoms with E-state index >= 15 is 0 Å². The van der Waals surface area contributed by atoms with Crippen LogP contribution in [0, 0.1) is 11.6 Å². The topological polar surface area (TPSA) is 128 Å². The fourth-order valence-corrected chi connectivity index (χ4v) is 5.09. The number of hydrogen-bond acceptors (Lipinski definition) is 8. The molecular weight excluding hydrogens is 502 g/mol. The second-order valence-electron chi connectivity index (χ2n) is 10.5. The minimum atomic E-state index is -0.891. The van der Waals surface area contributed by atoms with E-state index < -0.39 is 41.2 Å². The first-order valence-corrected chi connectivity index (χ1v) is 12.5. The van der Waals surface area contributed by atoms with E-state index in [1.165, 1.54) is 0 Å². The summed E-state index contributed by atoms with van der Waals surface area (Å²) in [5.74, 6) is -1.07. The Hall–Kier alpha value is -3.58. The number of H-pyrrole nitrogens is 1. The van der Waals surface area contributed by atoms with E-state index in [0.29, 0.717) is 31.9 Å². The quantitative estimate of drug-likeness (QED) is 0.513. The molecule has 204 valence electrons. The number of aromatic amines is 1. The highest BCUT2D eigenvalue weighted by molar-refractivity contribution is 5.68.